The molecule has 9 nitrogen and oxygen atoms in total. The smallest absolute Gasteiger partial charge is 0.233 e. The lowest BCUT2D eigenvalue weighted by Gasteiger charge is -2.20. The fraction of sp³-hybridized carbons (Fsp3) is 0.200. The zero-order valence-corrected chi connectivity index (χ0v) is 19.5. The summed E-state index contributed by atoms with van der Waals surface area (Å²) >= 11 is 1.29. The zero-order chi connectivity index (χ0) is 24.0. The summed E-state index contributed by atoms with van der Waals surface area (Å²) < 4.78 is 18.3. The van der Waals surface area contributed by atoms with Crippen molar-refractivity contribution in [2.24, 2.45) is 0 Å². The van der Waals surface area contributed by atoms with E-state index < -0.39 is 0 Å². The molecule has 1 aliphatic heterocycles. The summed E-state index contributed by atoms with van der Waals surface area (Å²) in [5, 5.41) is 18.4. The molecule has 0 saturated heterocycles. The Morgan fingerprint density at radius 1 is 1.09 bits per heavy atom. The van der Waals surface area contributed by atoms with Crippen LogP contribution in [0.5, 0.6) is 11.5 Å². The van der Waals surface area contributed by atoms with Gasteiger partial charge in [-0.25, -0.2) is 0 Å². The van der Waals surface area contributed by atoms with Crippen LogP contribution in [0.1, 0.15) is 12.2 Å². The molecular formula is C25H21N5O4S. The third-order valence-corrected chi connectivity index (χ3v) is 6.29. The number of fused-ring (bicyclic) bond motifs is 1. The number of carbonyl (C=O) groups is 1. The van der Waals surface area contributed by atoms with Gasteiger partial charge < -0.3 is 18.8 Å². The Morgan fingerprint density at radius 2 is 1.94 bits per heavy atom. The van der Waals surface area contributed by atoms with Crippen LogP contribution in [0.15, 0.2) is 76.5 Å². The monoisotopic (exact) mass is 487 g/mol. The predicted molar refractivity (Wildman–Crippen MR) is 128 cm³/mol. The van der Waals surface area contributed by atoms with Crippen LogP contribution in [0.2, 0.25) is 0 Å². The van der Waals surface area contributed by atoms with Crippen LogP contribution in [-0.2, 0) is 11.3 Å². The molecule has 0 aliphatic carbocycles. The topological polar surface area (TPSA) is 106 Å². The van der Waals surface area contributed by atoms with Crippen LogP contribution < -0.4 is 9.47 Å². The molecule has 0 unspecified atom stereocenters. The molecule has 0 N–H and O–H groups in total. The van der Waals surface area contributed by atoms with Crippen molar-refractivity contribution in [2.45, 2.75) is 18.1 Å². The number of hydrogen-bond donors (Lipinski definition) is 0. The number of ether oxygens (including phenoxy) is 2. The van der Waals surface area contributed by atoms with Gasteiger partial charge in [0, 0.05) is 17.8 Å². The first kappa shape index (κ1) is 22.6. The summed E-state index contributed by atoms with van der Waals surface area (Å²) in [7, 11) is 0. The first-order chi connectivity index (χ1) is 17.2. The highest BCUT2D eigenvalue weighted by Crippen LogP contribution is 2.37. The lowest BCUT2D eigenvalue weighted by atomic mass is 10.2. The number of hydrogen-bond acceptors (Lipinski definition) is 8. The van der Waals surface area contributed by atoms with Crippen molar-refractivity contribution >= 4 is 17.7 Å². The predicted octanol–water partition coefficient (Wildman–Crippen LogP) is 4.29. The van der Waals surface area contributed by atoms with Gasteiger partial charge >= 0.3 is 0 Å². The number of amides is 1. The molecule has 0 bridgehead atoms. The lowest BCUT2D eigenvalue weighted by Crippen LogP contribution is -2.32. The van der Waals surface area contributed by atoms with Crippen molar-refractivity contribution in [3.63, 3.8) is 0 Å². The van der Waals surface area contributed by atoms with Crippen molar-refractivity contribution < 1.29 is 18.7 Å². The second-order valence-electron chi connectivity index (χ2n) is 7.64. The van der Waals surface area contributed by atoms with E-state index in [1.54, 1.807) is 17.2 Å². The van der Waals surface area contributed by atoms with E-state index in [0.717, 1.165) is 11.3 Å². The molecule has 0 atom stereocenters. The SMILES string of the molecule is N#CCCN(Cc1ccco1)C(=O)CSc1nnc(-c2ccc3c(c2)OCO3)n1-c1ccccc1. The quantitative estimate of drug-likeness (QED) is 0.322. The molecule has 2 aromatic carbocycles. The van der Waals surface area contributed by atoms with Gasteiger partial charge in [-0.15, -0.1) is 10.2 Å². The number of para-hydroxylation sites is 1. The Bertz CT molecular complexity index is 1350. The fourth-order valence-electron chi connectivity index (χ4n) is 3.68. The van der Waals surface area contributed by atoms with Crippen LogP contribution >= 0.6 is 11.8 Å². The number of rotatable bonds is 9. The third kappa shape index (κ3) is 5.00. The Kier molecular flexibility index (Phi) is 6.68. The van der Waals surface area contributed by atoms with Gasteiger partial charge in [0.2, 0.25) is 12.7 Å². The highest BCUT2D eigenvalue weighted by atomic mass is 32.2. The lowest BCUT2D eigenvalue weighted by molar-refractivity contribution is -0.129. The molecule has 3 heterocycles. The van der Waals surface area contributed by atoms with E-state index in [9.17, 15) is 4.79 Å². The van der Waals surface area contributed by atoms with Gasteiger partial charge in [-0.2, -0.15) is 5.26 Å². The normalized spacial score (nSPS) is 11.9. The molecular weight excluding hydrogens is 466 g/mol. The number of nitriles is 1. The highest BCUT2D eigenvalue weighted by molar-refractivity contribution is 7.99. The Balaban J connectivity index is 1.40. The van der Waals surface area contributed by atoms with Crippen molar-refractivity contribution in [1.29, 1.82) is 5.26 Å². The molecule has 1 amide bonds. The Hall–Kier alpha value is -4.23. The number of carbonyl (C=O) groups excluding carboxylic acids is 1. The molecule has 35 heavy (non-hydrogen) atoms. The first-order valence-corrected chi connectivity index (χ1v) is 11.9. The van der Waals surface area contributed by atoms with Crippen molar-refractivity contribution in [3.8, 4) is 34.6 Å². The van der Waals surface area contributed by atoms with E-state index in [2.05, 4.69) is 16.3 Å². The summed E-state index contributed by atoms with van der Waals surface area (Å²) in [6.07, 6.45) is 1.81. The number of nitrogens with zero attached hydrogens (tertiary/aromatic N) is 5. The van der Waals surface area contributed by atoms with Gasteiger partial charge in [0.05, 0.1) is 31.1 Å². The van der Waals surface area contributed by atoms with E-state index in [1.807, 2.05) is 59.2 Å². The van der Waals surface area contributed by atoms with E-state index in [4.69, 9.17) is 19.2 Å². The summed E-state index contributed by atoms with van der Waals surface area (Å²) in [6.45, 7) is 0.819. The second-order valence-corrected chi connectivity index (χ2v) is 8.58. The molecule has 1 aliphatic rings. The molecule has 0 radical (unpaired) electrons. The maximum absolute atomic E-state index is 13.1. The minimum atomic E-state index is -0.117. The summed E-state index contributed by atoms with van der Waals surface area (Å²) in [6, 6.07) is 21.0. The van der Waals surface area contributed by atoms with Crippen LogP contribution in [-0.4, -0.2) is 44.7 Å². The summed E-state index contributed by atoms with van der Waals surface area (Å²) in [4.78, 5) is 14.7. The fourth-order valence-corrected chi connectivity index (χ4v) is 4.54. The number of thioether (sulfide) groups is 1. The molecule has 0 fully saturated rings. The molecule has 2 aromatic heterocycles. The van der Waals surface area contributed by atoms with Crippen molar-refractivity contribution in [2.75, 3.05) is 19.1 Å². The molecule has 0 spiro atoms. The van der Waals surface area contributed by atoms with E-state index in [0.29, 0.717) is 41.3 Å². The average Bonchev–Trinajstić information content (AvgIpc) is 3.66. The van der Waals surface area contributed by atoms with E-state index in [-0.39, 0.29) is 24.9 Å². The van der Waals surface area contributed by atoms with E-state index >= 15 is 0 Å². The molecule has 10 heteroatoms. The maximum atomic E-state index is 13.1. The van der Waals surface area contributed by atoms with Crippen molar-refractivity contribution in [1.82, 2.24) is 19.7 Å². The van der Waals surface area contributed by atoms with Crippen LogP contribution in [0.25, 0.3) is 17.1 Å². The van der Waals surface area contributed by atoms with Crippen LogP contribution in [0.4, 0.5) is 0 Å². The molecule has 5 rings (SSSR count). The standard InChI is InChI=1S/C25H21N5O4S/c26-11-5-12-29(15-20-8-4-13-32-20)23(31)16-35-25-28-27-24(30(25)19-6-2-1-3-7-19)18-9-10-21-22(14-18)34-17-33-21/h1-4,6-10,13-14H,5,12,15-17H2. The number of furan rings is 1. The highest BCUT2D eigenvalue weighted by Gasteiger charge is 2.22. The molecule has 0 saturated carbocycles. The Labute approximate surface area is 205 Å². The zero-order valence-electron chi connectivity index (χ0n) is 18.7. The number of benzene rings is 2. The maximum Gasteiger partial charge on any atom is 0.233 e. The molecule has 176 valence electrons. The van der Waals surface area contributed by atoms with E-state index in [1.165, 1.54) is 11.8 Å². The van der Waals surface area contributed by atoms with Gasteiger partial charge in [0.15, 0.2) is 22.5 Å². The average molecular weight is 488 g/mol. The summed E-state index contributed by atoms with van der Waals surface area (Å²) in [5.41, 5.74) is 1.69. The Morgan fingerprint density at radius 3 is 2.74 bits per heavy atom. The first-order valence-electron chi connectivity index (χ1n) is 10.9. The van der Waals surface area contributed by atoms with Gasteiger partial charge in [-0.05, 0) is 42.5 Å². The second kappa shape index (κ2) is 10.4. The van der Waals surface area contributed by atoms with Crippen LogP contribution in [0, 0.1) is 11.3 Å². The van der Waals surface area contributed by atoms with Gasteiger partial charge in [-0.1, -0.05) is 30.0 Å². The third-order valence-electron chi connectivity index (χ3n) is 5.38. The van der Waals surface area contributed by atoms with Crippen LogP contribution in [0.3, 0.4) is 0 Å². The van der Waals surface area contributed by atoms with Gasteiger partial charge in [0.1, 0.15) is 5.76 Å². The van der Waals surface area contributed by atoms with Gasteiger partial charge in [-0.3, -0.25) is 9.36 Å². The summed E-state index contributed by atoms with van der Waals surface area (Å²) in [5.74, 6) is 2.65. The number of aromatic nitrogens is 3. The minimum absolute atomic E-state index is 0.117. The van der Waals surface area contributed by atoms with Gasteiger partial charge in [0.25, 0.3) is 0 Å². The largest absolute Gasteiger partial charge is 0.467 e. The minimum Gasteiger partial charge on any atom is -0.467 e. The molecule has 4 aromatic rings. The van der Waals surface area contributed by atoms with Crippen molar-refractivity contribution in [3.05, 3.63) is 72.7 Å².